The lowest BCUT2D eigenvalue weighted by molar-refractivity contribution is -0.249. The van der Waals surface area contributed by atoms with E-state index in [0.717, 1.165) is 17.3 Å². The Morgan fingerprint density at radius 3 is 2.19 bits per heavy atom. The number of anilines is 1. The Hall–Kier alpha value is -7.13. The molecule has 4 aromatic rings. The summed E-state index contributed by atoms with van der Waals surface area (Å²) in [7, 11) is -8.80. The Labute approximate surface area is 577 Å². The molecule has 6 amide bonds. The molecule has 15 N–H and O–H groups in total. The lowest BCUT2D eigenvalue weighted by Crippen LogP contribution is -2.56. The van der Waals surface area contributed by atoms with E-state index >= 15 is 0 Å². The Balaban J connectivity index is 0.823. The largest absolute Gasteiger partial charge is 0.507 e. The molecule has 0 aromatic heterocycles. The lowest BCUT2D eigenvalue weighted by atomic mass is 9.72. The number of phenolic OH excluding ortho intramolecular Hbond substituents is 2. The Morgan fingerprint density at radius 2 is 1.52 bits per heavy atom. The number of hydrogen-bond donors (Lipinski definition) is 14. The van der Waals surface area contributed by atoms with Crippen molar-refractivity contribution in [1.29, 1.82) is 0 Å². The van der Waals surface area contributed by atoms with Crippen molar-refractivity contribution in [2.75, 3.05) is 49.4 Å². The van der Waals surface area contributed by atoms with Crippen molar-refractivity contribution in [3.63, 3.8) is 0 Å². The zero-order chi connectivity index (χ0) is 72.1. The number of phenols is 2. The number of aromatic hydroxyl groups is 2. The number of benzene rings is 4. The number of ether oxygens (including phenoxy) is 4. The summed E-state index contributed by atoms with van der Waals surface area (Å²) < 4.78 is 46.2. The van der Waals surface area contributed by atoms with E-state index in [1.807, 2.05) is 0 Å². The van der Waals surface area contributed by atoms with Gasteiger partial charge in [0.25, 0.3) is 0 Å². The SMILES string of the molecule is COc1cccc2c1C(=O)c1c(O)c3c(c(O)c1C2=O)C[C@@](O)(C(=O)CO)C[C@@H]3O[C@H]1C[C@H](NC(=O)OCc2ccc(NC(=O)[C@H](CCCCN)NC(=O)[C@H](Cc3ccccc3)NC(=O)CCCCCN3C(=O)CC(SCCCSCC(P(=O)(O)O)P(=O)(O)O)C3=O)cc2)[C@H](O)[C@H](C)O1. The fraction of sp³-hybridized carbons (Fsp3) is 0.492. The molecule has 34 heteroatoms. The van der Waals surface area contributed by atoms with Gasteiger partial charge in [0.15, 0.2) is 23.3 Å². The van der Waals surface area contributed by atoms with Gasteiger partial charge in [-0.25, -0.2) is 4.79 Å². The third-order valence-electron chi connectivity index (χ3n) is 17.5. The summed E-state index contributed by atoms with van der Waals surface area (Å²) in [6.45, 7) is 0.462. The van der Waals surface area contributed by atoms with Crippen LogP contribution in [0.5, 0.6) is 17.2 Å². The van der Waals surface area contributed by atoms with Gasteiger partial charge in [0.1, 0.15) is 54.3 Å². The van der Waals surface area contributed by atoms with Crippen molar-refractivity contribution in [1.82, 2.24) is 20.9 Å². The first-order chi connectivity index (χ1) is 47.0. The van der Waals surface area contributed by atoms with Crippen LogP contribution in [-0.2, 0) is 71.6 Å². The average molecular weight is 1460 g/mol. The smallest absolute Gasteiger partial charge is 0.407 e. The number of rotatable bonds is 34. The van der Waals surface area contributed by atoms with Crippen LogP contribution < -0.4 is 31.7 Å². The maximum absolute atomic E-state index is 14.2. The van der Waals surface area contributed by atoms with Gasteiger partial charge in [0.05, 0.1) is 47.3 Å². The predicted molar refractivity (Wildman–Crippen MR) is 359 cm³/mol. The summed E-state index contributed by atoms with van der Waals surface area (Å²) in [6.07, 6.45) is -5.13. The first kappa shape index (κ1) is 77.6. The zero-order valence-corrected chi connectivity index (χ0v) is 57.6. The predicted octanol–water partition coefficient (Wildman–Crippen LogP) is 3.47. The van der Waals surface area contributed by atoms with E-state index in [0.29, 0.717) is 67.8 Å². The first-order valence-corrected chi connectivity index (χ1v) is 37.6. The summed E-state index contributed by atoms with van der Waals surface area (Å²) in [5.41, 5.74) is 2.79. The van der Waals surface area contributed by atoms with Crippen LogP contribution in [0.15, 0.2) is 72.8 Å². The topological polar surface area (TPSA) is 484 Å². The van der Waals surface area contributed by atoms with Crippen LogP contribution in [0.4, 0.5) is 10.5 Å². The molecule has 9 atom stereocenters. The number of likely N-dealkylation sites (tertiary alicyclic amines) is 1. The van der Waals surface area contributed by atoms with Crippen molar-refractivity contribution in [3.05, 3.63) is 117 Å². The molecule has 8 rings (SSSR count). The van der Waals surface area contributed by atoms with Gasteiger partial charge in [-0.3, -0.25) is 52.4 Å². The quantitative estimate of drug-likeness (QED) is 0.0121. The van der Waals surface area contributed by atoms with Gasteiger partial charge < -0.3 is 91.1 Å². The highest BCUT2D eigenvalue weighted by Gasteiger charge is 2.51. The zero-order valence-electron chi connectivity index (χ0n) is 54.2. The summed E-state index contributed by atoms with van der Waals surface area (Å²) in [6, 6.07) is 16.0. The number of unbranched alkanes of at least 4 members (excludes halogenated alkanes) is 3. The standard InChI is InChI=1S/C65H82N6O24P2S2/c1-35-56(76)42(28-50(94-35)95-45-31-65(85,47(73)32-72)30-40-53(45)60(80)55-54(58(40)78)57(77)39-15-11-17-44(92-2)52(39)59(55)79)70-64(84)93-33-37-19-21-38(22-20-37)67-61(81)41(16-8-9-23-66)69-62(82)43(27-36-13-5-3-6-14-36)68-48(74)18-7-4-10-24-71-49(75)29-46(63(71)83)99-26-12-25-98-34-51(96(86,87)88)97(89,90)91/h3,5-6,11,13-15,17,19-22,35,41-43,45-46,50-51,56,72,76,78,80,85H,4,7-10,12,16,18,23-34,66H2,1-2H3,(H,67,81)(H,68,74)(H,69,82)(H,70,84)(H2,86,87,88)(H2,89,90,91)/t35-,41-,42-,43-,45-,46?,50-,56+,65-/m0/s1. The summed E-state index contributed by atoms with van der Waals surface area (Å²) >= 11 is 2.22. The number of Topliss-reactive ketones (excluding diaryl/α,β-unsaturated/α-hetero) is 1. The average Bonchev–Trinajstić information content (AvgIpc) is 1.02. The number of alkyl carbamates (subject to hydrolysis) is 1. The number of hydrogen-bond acceptors (Lipinski definition) is 23. The minimum absolute atomic E-state index is 0.00100. The van der Waals surface area contributed by atoms with Crippen molar-refractivity contribution >= 4 is 97.4 Å². The highest BCUT2D eigenvalue weighted by atomic mass is 32.2. The molecule has 2 fully saturated rings. The number of carbonyl (C=O) groups excluding carboxylic acids is 9. The maximum Gasteiger partial charge on any atom is 0.407 e. The van der Waals surface area contributed by atoms with Crippen LogP contribution in [-0.4, -0.2) is 200 Å². The molecule has 538 valence electrons. The van der Waals surface area contributed by atoms with Crippen molar-refractivity contribution in [2.45, 2.75) is 156 Å². The fourth-order valence-corrected chi connectivity index (χ4v) is 18.0. The molecule has 0 bridgehead atoms. The lowest BCUT2D eigenvalue weighted by Gasteiger charge is -2.42. The van der Waals surface area contributed by atoms with Crippen molar-refractivity contribution < 1.29 is 116 Å². The van der Waals surface area contributed by atoms with E-state index in [1.165, 1.54) is 61.0 Å². The third-order valence-corrected chi connectivity index (χ3v) is 24.1. The number of fused-ring (bicyclic) bond motifs is 3. The van der Waals surface area contributed by atoms with Crippen molar-refractivity contribution in [2.24, 2.45) is 5.73 Å². The molecule has 1 unspecified atom stereocenters. The number of aliphatic hydroxyl groups is 3. The molecule has 2 aliphatic carbocycles. The van der Waals surface area contributed by atoms with Gasteiger partial charge >= 0.3 is 21.3 Å². The molecule has 2 aliphatic heterocycles. The van der Waals surface area contributed by atoms with E-state index < -0.39 is 163 Å². The minimum atomic E-state index is -5.04. The number of ketones is 3. The highest BCUT2D eigenvalue weighted by Crippen LogP contribution is 2.61. The summed E-state index contributed by atoms with van der Waals surface area (Å²) in [5, 5.41) is 64.8. The number of aliphatic hydroxyl groups excluding tert-OH is 2. The normalized spacial score (nSPS) is 21.3. The van der Waals surface area contributed by atoms with Gasteiger partial charge in [0, 0.05) is 73.2 Å². The van der Waals surface area contributed by atoms with Gasteiger partial charge in [0.2, 0.25) is 35.3 Å². The number of imide groups is 1. The molecule has 2 heterocycles. The summed E-state index contributed by atoms with van der Waals surface area (Å²) in [5.74, 6) is -6.52. The molecule has 4 aliphatic rings. The summed E-state index contributed by atoms with van der Waals surface area (Å²) in [4.78, 5) is 161. The molecule has 0 spiro atoms. The molecule has 0 radical (unpaired) electrons. The Bertz CT molecular complexity index is 3730. The van der Waals surface area contributed by atoms with Crippen LogP contribution in [0.3, 0.4) is 0 Å². The molecule has 2 saturated heterocycles. The molecule has 99 heavy (non-hydrogen) atoms. The van der Waals surface area contributed by atoms with Crippen LogP contribution in [0.2, 0.25) is 0 Å². The number of carbonyl (C=O) groups is 9. The number of methoxy groups -OCH3 is 1. The van der Waals surface area contributed by atoms with Gasteiger partial charge in [-0.05, 0) is 92.8 Å². The monoisotopic (exact) mass is 1460 g/mol. The molecular weight excluding hydrogens is 1370 g/mol. The second-order valence-corrected chi connectivity index (χ2v) is 31.0. The third kappa shape index (κ3) is 19.5. The van der Waals surface area contributed by atoms with Crippen LogP contribution >= 0.6 is 38.7 Å². The fourth-order valence-electron chi connectivity index (χ4n) is 12.2. The maximum atomic E-state index is 14.2. The van der Waals surface area contributed by atoms with E-state index in [4.69, 9.17) is 24.7 Å². The number of amides is 6. The Kier molecular flexibility index (Phi) is 27.0. The Morgan fingerprint density at radius 1 is 0.808 bits per heavy atom. The van der Waals surface area contributed by atoms with Gasteiger partial charge in [-0.15, -0.1) is 11.8 Å². The first-order valence-electron chi connectivity index (χ1n) is 32.0. The van der Waals surface area contributed by atoms with Crippen LogP contribution in [0, 0.1) is 0 Å². The van der Waals surface area contributed by atoms with Gasteiger partial charge in [-0.1, -0.05) is 61.0 Å². The molecule has 30 nitrogen and oxygen atoms in total. The van der Waals surface area contributed by atoms with Crippen LogP contribution in [0.25, 0.3) is 0 Å². The minimum Gasteiger partial charge on any atom is -0.507 e. The number of nitrogens with two attached hydrogens (primary N) is 1. The van der Waals surface area contributed by atoms with E-state index in [1.54, 1.807) is 42.5 Å². The van der Waals surface area contributed by atoms with Gasteiger partial charge in [-0.2, -0.15) is 11.8 Å². The van der Waals surface area contributed by atoms with Crippen molar-refractivity contribution in [3.8, 4) is 17.2 Å². The van der Waals surface area contributed by atoms with E-state index in [9.17, 15) is 97.4 Å². The number of nitrogens with one attached hydrogen (secondary N) is 4. The highest BCUT2D eigenvalue weighted by molar-refractivity contribution is 8.01. The van der Waals surface area contributed by atoms with E-state index in [-0.39, 0.29) is 85.1 Å². The second-order valence-electron chi connectivity index (χ2n) is 24.5. The van der Waals surface area contributed by atoms with E-state index in [2.05, 4.69) is 21.3 Å². The molecular formula is C65H82N6O24P2S2. The molecule has 4 aromatic carbocycles. The number of thioether (sulfide) groups is 2. The second kappa shape index (κ2) is 34.5. The van der Waals surface area contributed by atoms with Crippen LogP contribution in [0.1, 0.15) is 138 Å². The molecule has 0 saturated carbocycles. The number of nitrogens with zero attached hydrogens (tertiary/aromatic N) is 1.